The lowest BCUT2D eigenvalue weighted by atomic mass is 10.1. The molecule has 0 saturated carbocycles. The lowest BCUT2D eigenvalue weighted by Gasteiger charge is -2.42. The summed E-state index contributed by atoms with van der Waals surface area (Å²) in [7, 11) is -4.19. The number of carbonyl (C=O) groups excluding carboxylic acids is 1. The molecule has 0 radical (unpaired) electrons. The highest BCUT2D eigenvalue weighted by Crippen LogP contribution is 2.53. The van der Waals surface area contributed by atoms with Crippen LogP contribution in [0.4, 0.5) is 0 Å². The highest BCUT2D eigenvalue weighted by molar-refractivity contribution is 8.00. The van der Waals surface area contributed by atoms with E-state index >= 15 is 0 Å². The Morgan fingerprint density at radius 3 is 2.77 bits per heavy atom. The smallest absolute Gasteiger partial charge is 0.323 e. The average molecular weight is 224 g/mol. The quantitative estimate of drug-likeness (QED) is 0.379. The molecule has 0 spiro atoms. The Balaban J connectivity index is 2.20. The summed E-state index contributed by atoms with van der Waals surface area (Å²) in [5, 5.41) is -0.231. The maximum Gasteiger partial charge on any atom is 0.348 e. The Kier molecular flexibility index (Phi) is 1.98. The number of carbonyl (C=O) groups is 1. The minimum absolute atomic E-state index is 0.231. The summed E-state index contributed by atoms with van der Waals surface area (Å²) in [4.78, 5) is 30.2. The lowest BCUT2D eigenvalue weighted by Crippen LogP contribution is -2.66. The molecule has 13 heavy (non-hydrogen) atoms. The maximum absolute atomic E-state index is 11.1. The first kappa shape index (κ1) is 9.48. The molecule has 0 aromatic rings. The van der Waals surface area contributed by atoms with E-state index < -0.39 is 19.4 Å². The number of fused-ring (bicyclic) bond motifs is 1. The molecule has 74 valence electrons. The normalized spacial score (nSPS) is 38.8. The Hall–Kier alpha value is -0.0700. The Morgan fingerprint density at radius 1 is 1.62 bits per heavy atom. The van der Waals surface area contributed by atoms with Gasteiger partial charge in [0.1, 0.15) is 17.2 Å². The van der Waals surface area contributed by atoms with Gasteiger partial charge in [0.15, 0.2) is 0 Å². The van der Waals surface area contributed by atoms with Crippen LogP contribution in [-0.2, 0) is 9.36 Å². The van der Waals surface area contributed by atoms with Crippen LogP contribution in [0.3, 0.4) is 0 Å². The van der Waals surface area contributed by atoms with Gasteiger partial charge in [0.05, 0.1) is 0 Å². The van der Waals surface area contributed by atoms with Crippen LogP contribution in [0.25, 0.3) is 0 Å². The number of rotatable bonds is 1. The van der Waals surface area contributed by atoms with E-state index in [1.54, 1.807) is 0 Å². The van der Waals surface area contributed by atoms with Crippen molar-refractivity contribution in [2.24, 2.45) is 5.73 Å². The fourth-order valence-corrected chi connectivity index (χ4v) is 4.51. The van der Waals surface area contributed by atoms with Crippen molar-refractivity contribution in [3.63, 3.8) is 0 Å². The van der Waals surface area contributed by atoms with Gasteiger partial charge in [0, 0.05) is 5.75 Å². The van der Waals surface area contributed by atoms with Gasteiger partial charge in [0.2, 0.25) is 5.91 Å². The van der Waals surface area contributed by atoms with Gasteiger partial charge in [-0.25, -0.2) is 0 Å². The molecule has 0 aromatic carbocycles. The van der Waals surface area contributed by atoms with E-state index in [-0.39, 0.29) is 17.0 Å². The highest BCUT2D eigenvalue weighted by atomic mass is 32.2. The van der Waals surface area contributed by atoms with Gasteiger partial charge in [0.25, 0.3) is 0 Å². The molecule has 2 unspecified atom stereocenters. The molecule has 0 aliphatic carbocycles. The molecule has 2 aliphatic rings. The van der Waals surface area contributed by atoms with Crippen molar-refractivity contribution in [2.45, 2.75) is 17.2 Å². The molecule has 2 saturated heterocycles. The van der Waals surface area contributed by atoms with Crippen molar-refractivity contribution in [3.8, 4) is 0 Å². The molecular weight excluding hydrogens is 215 g/mol. The number of nitrogens with two attached hydrogens (primary N) is 1. The van der Waals surface area contributed by atoms with Crippen LogP contribution < -0.4 is 5.73 Å². The van der Waals surface area contributed by atoms with E-state index in [9.17, 15) is 9.36 Å². The number of amides is 1. The Labute approximate surface area is 78.6 Å². The zero-order valence-corrected chi connectivity index (χ0v) is 8.24. The van der Waals surface area contributed by atoms with Crippen LogP contribution in [0.5, 0.6) is 0 Å². The van der Waals surface area contributed by atoms with Gasteiger partial charge in [-0.2, -0.15) is 0 Å². The maximum atomic E-state index is 11.1. The molecule has 6 nitrogen and oxygen atoms in total. The van der Waals surface area contributed by atoms with Crippen LogP contribution in [0.2, 0.25) is 0 Å². The number of hydrogen-bond donors (Lipinski definition) is 3. The SMILES string of the molecule is NC1C(=O)N2C(P(=O)(O)O)CS[C@@H]12. The molecule has 4 N–H and O–H groups in total. The van der Waals surface area contributed by atoms with Crippen LogP contribution >= 0.6 is 19.4 Å². The molecule has 0 bridgehead atoms. The fourth-order valence-electron chi connectivity index (χ4n) is 1.53. The molecule has 1 amide bonds. The average Bonchev–Trinajstić information content (AvgIpc) is 2.42. The third-order valence-electron chi connectivity index (χ3n) is 2.25. The molecule has 2 aliphatic heterocycles. The second-order valence-corrected chi connectivity index (χ2v) is 5.99. The fraction of sp³-hybridized carbons (Fsp3) is 0.800. The molecule has 3 atom stereocenters. The van der Waals surface area contributed by atoms with E-state index in [1.165, 1.54) is 16.7 Å². The van der Waals surface area contributed by atoms with Gasteiger partial charge in [-0.05, 0) is 0 Å². The van der Waals surface area contributed by atoms with Crippen molar-refractivity contribution in [3.05, 3.63) is 0 Å². The summed E-state index contributed by atoms with van der Waals surface area (Å²) >= 11 is 1.33. The summed E-state index contributed by atoms with van der Waals surface area (Å²) in [6.07, 6.45) is 0. The predicted octanol–water partition coefficient (Wildman–Crippen LogP) is -1.27. The van der Waals surface area contributed by atoms with Crippen molar-refractivity contribution in [1.82, 2.24) is 4.90 Å². The Bertz CT molecular complexity index is 305. The largest absolute Gasteiger partial charge is 0.348 e. The molecular formula is C5H9N2O4PS. The lowest BCUT2D eigenvalue weighted by molar-refractivity contribution is -0.144. The van der Waals surface area contributed by atoms with Gasteiger partial charge in [-0.1, -0.05) is 0 Å². The third kappa shape index (κ3) is 1.23. The number of hydrogen-bond acceptors (Lipinski definition) is 4. The van der Waals surface area contributed by atoms with E-state index in [4.69, 9.17) is 15.5 Å². The summed E-state index contributed by atoms with van der Waals surface area (Å²) in [6, 6.07) is -0.582. The molecule has 0 aromatic heterocycles. The van der Waals surface area contributed by atoms with Crippen LogP contribution in [0.1, 0.15) is 0 Å². The van der Waals surface area contributed by atoms with E-state index in [0.717, 1.165) is 0 Å². The highest BCUT2D eigenvalue weighted by Gasteiger charge is 2.57. The van der Waals surface area contributed by atoms with Crippen LogP contribution in [0.15, 0.2) is 0 Å². The van der Waals surface area contributed by atoms with Crippen molar-refractivity contribution < 1.29 is 19.1 Å². The zero-order valence-electron chi connectivity index (χ0n) is 6.53. The first-order valence-corrected chi connectivity index (χ1v) is 6.40. The van der Waals surface area contributed by atoms with Crippen LogP contribution in [0, 0.1) is 0 Å². The predicted molar refractivity (Wildman–Crippen MR) is 46.9 cm³/mol. The number of thioether (sulfide) groups is 1. The third-order valence-corrected chi connectivity index (χ3v) is 5.07. The van der Waals surface area contributed by atoms with E-state index in [0.29, 0.717) is 0 Å². The summed E-state index contributed by atoms with van der Waals surface area (Å²) in [5.74, 6) is -1.05. The first-order valence-electron chi connectivity index (χ1n) is 3.67. The van der Waals surface area contributed by atoms with E-state index in [1.807, 2.05) is 0 Å². The molecule has 2 fully saturated rings. The molecule has 8 heteroatoms. The number of nitrogens with zero attached hydrogens (tertiary/aromatic N) is 1. The van der Waals surface area contributed by atoms with Gasteiger partial charge < -0.3 is 20.4 Å². The molecule has 2 rings (SSSR count). The van der Waals surface area contributed by atoms with Crippen molar-refractivity contribution in [1.29, 1.82) is 0 Å². The monoisotopic (exact) mass is 224 g/mol. The minimum Gasteiger partial charge on any atom is -0.323 e. The number of β-lactam (4-membered cyclic amide) rings is 1. The second-order valence-electron chi connectivity index (χ2n) is 3.06. The summed E-state index contributed by atoms with van der Waals surface area (Å²) < 4.78 is 10.9. The van der Waals surface area contributed by atoms with Crippen LogP contribution in [-0.4, -0.2) is 43.5 Å². The van der Waals surface area contributed by atoms with Gasteiger partial charge in [-0.15, -0.1) is 11.8 Å². The second kappa shape index (κ2) is 2.71. The van der Waals surface area contributed by atoms with Gasteiger partial charge >= 0.3 is 7.60 Å². The standard InChI is InChI=1S/C5H9N2O4PS/c6-3-4(8)7-2(12(9,10)11)1-13-5(3)7/h2-3,5H,1,6H2,(H2,9,10,11)/t2?,3?,5-/m0/s1. The van der Waals surface area contributed by atoms with Crippen molar-refractivity contribution in [2.75, 3.05) is 5.75 Å². The Morgan fingerprint density at radius 2 is 2.23 bits per heavy atom. The zero-order chi connectivity index (χ0) is 9.80. The topological polar surface area (TPSA) is 104 Å². The first-order chi connectivity index (χ1) is 5.93. The summed E-state index contributed by atoms with van der Waals surface area (Å²) in [6.45, 7) is 0. The van der Waals surface area contributed by atoms with Gasteiger partial charge in [-0.3, -0.25) is 9.36 Å². The van der Waals surface area contributed by atoms with Crippen molar-refractivity contribution >= 4 is 25.3 Å². The molecule has 2 heterocycles. The van der Waals surface area contributed by atoms with E-state index in [2.05, 4.69) is 0 Å². The summed E-state index contributed by atoms with van der Waals surface area (Å²) in [5.41, 5.74) is 5.45. The minimum atomic E-state index is -4.19.